The van der Waals surface area contributed by atoms with E-state index in [-0.39, 0.29) is 5.69 Å². The van der Waals surface area contributed by atoms with Crippen LogP contribution in [0.5, 0.6) is 0 Å². The summed E-state index contributed by atoms with van der Waals surface area (Å²) in [7, 11) is 0. The van der Waals surface area contributed by atoms with Crippen molar-refractivity contribution < 1.29 is 14.6 Å². The number of carboxylic acids is 1. The van der Waals surface area contributed by atoms with Crippen LogP contribution in [0.2, 0.25) is 0 Å². The minimum absolute atomic E-state index is 0.0627. The highest BCUT2D eigenvalue weighted by atomic mass is 16.5. The van der Waals surface area contributed by atoms with Crippen molar-refractivity contribution in [3.05, 3.63) is 29.6 Å². The molecule has 0 aliphatic rings. The molecular weight excluding hydrogens is 218 g/mol. The maximum Gasteiger partial charge on any atom is 0.354 e. The number of hydrogen-bond donors (Lipinski definition) is 1. The molecule has 1 aromatic rings. The van der Waals surface area contributed by atoms with Crippen LogP contribution >= 0.6 is 0 Å². The van der Waals surface area contributed by atoms with Gasteiger partial charge in [0, 0.05) is 12.8 Å². The number of carbonyl (C=O) groups is 1. The van der Waals surface area contributed by atoms with E-state index in [1.54, 1.807) is 12.1 Å². The second kappa shape index (κ2) is 7.01. The van der Waals surface area contributed by atoms with Gasteiger partial charge in [0.2, 0.25) is 0 Å². The zero-order valence-corrected chi connectivity index (χ0v) is 10.3. The molecule has 17 heavy (non-hydrogen) atoms. The van der Waals surface area contributed by atoms with Crippen LogP contribution < -0.4 is 0 Å². The van der Waals surface area contributed by atoms with Crippen molar-refractivity contribution in [1.29, 1.82) is 0 Å². The van der Waals surface area contributed by atoms with Gasteiger partial charge >= 0.3 is 5.97 Å². The fourth-order valence-corrected chi connectivity index (χ4v) is 1.64. The summed E-state index contributed by atoms with van der Waals surface area (Å²) in [6.07, 6.45) is 3.80. The van der Waals surface area contributed by atoms with E-state index in [1.165, 1.54) is 6.20 Å². The molecule has 1 aromatic heterocycles. The minimum Gasteiger partial charge on any atom is -0.477 e. The van der Waals surface area contributed by atoms with Gasteiger partial charge in [-0.2, -0.15) is 0 Å². The van der Waals surface area contributed by atoms with Gasteiger partial charge < -0.3 is 9.84 Å². The van der Waals surface area contributed by atoms with Crippen molar-refractivity contribution in [2.24, 2.45) is 5.92 Å². The predicted molar refractivity (Wildman–Crippen MR) is 64.9 cm³/mol. The van der Waals surface area contributed by atoms with E-state index in [9.17, 15) is 4.79 Å². The van der Waals surface area contributed by atoms with Crippen molar-refractivity contribution in [3.8, 4) is 0 Å². The molecule has 0 bridgehead atoms. The average molecular weight is 237 g/mol. The van der Waals surface area contributed by atoms with Gasteiger partial charge in [0.05, 0.1) is 6.61 Å². The van der Waals surface area contributed by atoms with Gasteiger partial charge in [-0.3, -0.25) is 0 Å². The van der Waals surface area contributed by atoms with E-state index in [1.807, 2.05) is 0 Å². The van der Waals surface area contributed by atoms with E-state index < -0.39 is 5.97 Å². The third-order valence-electron chi connectivity index (χ3n) is 2.50. The quantitative estimate of drug-likeness (QED) is 0.792. The van der Waals surface area contributed by atoms with Gasteiger partial charge in [-0.15, -0.1) is 0 Å². The highest BCUT2D eigenvalue weighted by Crippen LogP contribution is 2.08. The molecule has 1 heterocycles. The lowest BCUT2D eigenvalue weighted by Crippen LogP contribution is -2.06. The number of nitrogens with zero attached hydrogens (tertiary/aromatic N) is 1. The Morgan fingerprint density at radius 2 is 2.35 bits per heavy atom. The summed E-state index contributed by atoms with van der Waals surface area (Å²) in [6, 6.07) is 3.32. The number of aromatic carboxylic acids is 1. The molecule has 0 spiro atoms. The minimum atomic E-state index is -1.01. The van der Waals surface area contributed by atoms with Gasteiger partial charge in [-0.1, -0.05) is 20.3 Å². The maximum absolute atomic E-state index is 10.7. The molecule has 0 radical (unpaired) electrons. The molecule has 0 aromatic carbocycles. The first-order chi connectivity index (χ1) is 8.13. The van der Waals surface area contributed by atoms with E-state index >= 15 is 0 Å². The second-order valence-electron chi connectivity index (χ2n) is 4.26. The van der Waals surface area contributed by atoms with E-state index in [2.05, 4.69) is 18.8 Å². The summed E-state index contributed by atoms with van der Waals surface area (Å²) in [6.45, 7) is 5.45. The fraction of sp³-hybridized carbons (Fsp3) is 0.538. The highest BCUT2D eigenvalue weighted by molar-refractivity contribution is 5.85. The molecule has 0 saturated carbocycles. The van der Waals surface area contributed by atoms with Crippen molar-refractivity contribution in [2.75, 3.05) is 6.61 Å². The van der Waals surface area contributed by atoms with Gasteiger partial charge in [0.25, 0.3) is 0 Å². The topological polar surface area (TPSA) is 59.4 Å². The zero-order chi connectivity index (χ0) is 12.7. The lowest BCUT2D eigenvalue weighted by atomic mass is 10.1. The number of rotatable bonds is 7. The normalized spacial score (nSPS) is 12.4. The molecule has 1 rings (SSSR count). The monoisotopic (exact) mass is 237 g/mol. The Kier molecular flexibility index (Phi) is 5.63. The molecule has 0 aliphatic carbocycles. The van der Waals surface area contributed by atoms with Crippen LogP contribution in [-0.4, -0.2) is 22.7 Å². The Bertz CT molecular complexity index is 365. The molecule has 1 atom stereocenters. The summed E-state index contributed by atoms with van der Waals surface area (Å²) < 4.78 is 5.55. The van der Waals surface area contributed by atoms with Crippen LogP contribution in [-0.2, 0) is 11.3 Å². The lowest BCUT2D eigenvalue weighted by molar-refractivity contribution is 0.0689. The first-order valence-electron chi connectivity index (χ1n) is 5.89. The first kappa shape index (κ1) is 13.6. The molecule has 1 N–H and O–H groups in total. The molecule has 94 valence electrons. The number of pyridine rings is 1. The number of hydrogen-bond acceptors (Lipinski definition) is 3. The molecule has 0 amide bonds. The Hall–Kier alpha value is -1.42. The third kappa shape index (κ3) is 4.95. The Morgan fingerprint density at radius 1 is 1.59 bits per heavy atom. The van der Waals surface area contributed by atoms with Crippen molar-refractivity contribution in [2.45, 2.75) is 33.3 Å². The molecular formula is C13H19NO3. The van der Waals surface area contributed by atoms with Crippen molar-refractivity contribution in [3.63, 3.8) is 0 Å². The third-order valence-corrected chi connectivity index (χ3v) is 2.50. The Morgan fingerprint density at radius 3 is 3.00 bits per heavy atom. The summed E-state index contributed by atoms with van der Waals surface area (Å²) >= 11 is 0. The van der Waals surface area contributed by atoms with E-state index in [0.29, 0.717) is 19.1 Å². The zero-order valence-electron chi connectivity index (χ0n) is 10.3. The number of aromatic nitrogens is 1. The lowest BCUT2D eigenvalue weighted by Gasteiger charge is -2.10. The van der Waals surface area contributed by atoms with E-state index in [0.717, 1.165) is 18.4 Å². The summed E-state index contributed by atoms with van der Waals surface area (Å²) in [5.41, 5.74) is 0.911. The molecule has 0 fully saturated rings. The standard InChI is InChI=1S/C13H19NO3/c1-3-4-10(2)8-17-9-11-5-6-14-12(7-11)13(15)16/h5-7,10H,3-4,8-9H2,1-2H3,(H,15,16). The Balaban J connectivity index is 2.41. The van der Waals surface area contributed by atoms with Gasteiger partial charge in [0.15, 0.2) is 0 Å². The first-order valence-corrected chi connectivity index (χ1v) is 5.89. The summed E-state index contributed by atoms with van der Waals surface area (Å²) in [5, 5.41) is 8.79. The maximum atomic E-state index is 10.7. The number of carboxylic acid groups (broad SMARTS) is 1. The molecule has 4 nitrogen and oxygen atoms in total. The SMILES string of the molecule is CCCC(C)COCc1ccnc(C(=O)O)c1. The van der Waals surface area contributed by atoms with Crippen LogP contribution in [0.4, 0.5) is 0 Å². The number of ether oxygens (including phenoxy) is 1. The van der Waals surface area contributed by atoms with Crippen LogP contribution in [0.1, 0.15) is 42.7 Å². The summed E-state index contributed by atoms with van der Waals surface area (Å²) in [5.74, 6) is -0.466. The van der Waals surface area contributed by atoms with Gasteiger partial charge in [0.1, 0.15) is 5.69 Å². The second-order valence-corrected chi connectivity index (χ2v) is 4.26. The molecule has 1 unspecified atom stereocenters. The predicted octanol–water partition coefficient (Wildman–Crippen LogP) is 2.73. The molecule has 4 heteroatoms. The smallest absolute Gasteiger partial charge is 0.354 e. The van der Waals surface area contributed by atoms with Crippen LogP contribution in [0, 0.1) is 5.92 Å². The average Bonchev–Trinajstić information content (AvgIpc) is 2.30. The largest absolute Gasteiger partial charge is 0.477 e. The molecule has 0 aliphatic heterocycles. The van der Waals surface area contributed by atoms with Crippen molar-refractivity contribution in [1.82, 2.24) is 4.98 Å². The fourth-order valence-electron chi connectivity index (χ4n) is 1.64. The van der Waals surface area contributed by atoms with Crippen LogP contribution in [0.15, 0.2) is 18.3 Å². The van der Waals surface area contributed by atoms with Gasteiger partial charge in [-0.25, -0.2) is 9.78 Å². The summed E-state index contributed by atoms with van der Waals surface area (Å²) in [4.78, 5) is 14.5. The van der Waals surface area contributed by atoms with E-state index in [4.69, 9.17) is 9.84 Å². The van der Waals surface area contributed by atoms with Gasteiger partial charge in [-0.05, 0) is 30.0 Å². The van der Waals surface area contributed by atoms with Crippen LogP contribution in [0.3, 0.4) is 0 Å². The Labute approximate surface area is 102 Å². The van der Waals surface area contributed by atoms with Crippen molar-refractivity contribution >= 4 is 5.97 Å². The molecule has 0 saturated heterocycles. The highest BCUT2D eigenvalue weighted by Gasteiger charge is 2.05. The van der Waals surface area contributed by atoms with Crippen LogP contribution in [0.25, 0.3) is 0 Å².